The van der Waals surface area contributed by atoms with Crippen LogP contribution in [0.25, 0.3) is 0 Å². The lowest BCUT2D eigenvalue weighted by Gasteiger charge is -2.40. The van der Waals surface area contributed by atoms with Crippen molar-refractivity contribution in [1.29, 1.82) is 0 Å². The summed E-state index contributed by atoms with van der Waals surface area (Å²) in [6.07, 6.45) is 9.63. The van der Waals surface area contributed by atoms with Crippen molar-refractivity contribution in [3.63, 3.8) is 0 Å². The van der Waals surface area contributed by atoms with Gasteiger partial charge in [0.15, 0.2) is 5.82 Å². The van der Waals surface area contributed by atoms with Gasteiger partial charge in [0.25, 0.3) is 0 Å². The zero-order valence-corrected chi connectivity index (χ0v) is 12.4. The first-order chi connectivity index (χ1) is 9.78. The molecular formula is C16H25N3O. The number of rotatable bonds is 3. The lowest BCUT2D eigenvalue weighted by Crippen LogP contribution is -2.45. The fourth-order valence-corrected chi connectivity index (χ4v) is 4.91. The molecule has 4 heteroatoms. The first-order valence-electron chi connectivity index (χ1n) is 8.31. The molecule has 0 spiro atoms. The second kappa shape index (κ2) is 5.14. The van der Waals surface area contributed by atoms with Crippen LogP contribution in [0.4, 0.5) is 0 Å². The fourth-order valence-electron chi connectivity index (χ4n) is 4.91. The minimum absolute atomic E-state index is 0.695. The second-order valence-corrected chi connectivity index (χ2v) is 7.18. The summed E-state index contributed by atoms with van der Waals surface area (Å²) in [5, 5.41) is 4.07. The van der Waals surface area contributed by atoms with Crippen LogP contribution in [0.5, 0.6) is 0 Å². The molecule has 0 N–H and O–H groups in total. The third-order valence-corrected chi connectivity index (χ3v) is 5.76. The molecule has 1 saturated heterocycles. The van der Waals surface area contributed by atoms with Crippen LogP contribution in [-0.4, -0.2) is 34.2 Å². The molecule has 4 nitrogen and oxygen atoms in total. The summed E-state index contributed by atoms with van der Waals surface area (Å²) >= 11 is 0. The molecule has 2 aliphatic carbocycles. The number of nitrogens with zero attached hydrogens (tertiary/aromatic N) is 3. The summed E-state index contributed by atoms with van der Waals surface area (Å²) in [5.41, 5.74) is 0. The normalized spacial score (nSPS) is 37.6. The number of aryl methyl sites for hydroxylation is 1. The van der Waals surface area contributed by atoms with Crippen LogP contribution in [-0.2, 0) is 6.42 Å². The van der Waals surface area contributed by atoms with Crippen molar-refractivity contribution in [3.05, 3.63) is 11.7 Å². The molecule has 2 heterocycles. The van der Waals surface area contributed by atoms with Crippen LogP contribution in [0.15, 0.2) is 4.52 Å². The molecule has 1 aromatic rings. The van der Waals surface area contributed by atoms with Gasteiger partial charge in [-0.2, -0.15) is 4.98 Å². The largest absolute Gasteiger partial charge is 0.340 e. The van der Waals surface area contributed by atoms with Crippen molar-refractivity contribution < 1.29 is 4.52 Å². The highest BCUT2D eigenvalue weighted by Gasteiger charge is 2.43. The average molecular weight is 275 g/mol. The van der Waals surface area contributed by atoms with Crippen molar-refractivity contribution in [1.82, 2.24) is 15.0 Å². The predicted octanol–water partition coefficient (Wildman–Crippen LogP) is 2.82. The molecule has 2 bridgehead atoms. The minimum Gasteiger partial charge on any atom is -0.340 e. The van der Waals surface area contributed by atoms with Crippen molar-refractivity contribution >= 4 is 0 Å². The molecule has 0 amide bonds. The quantitative estimate of drug-likeness (QED) is 0.850. The standard InChI is InChI=1S/C16H25N3O/c1-11-17-16(18-20-11)9-13-3-2-6-19(10-13)15-8-12-4-5-14(15)7-12/h12-15H,2-10H2,1H3/t12-,13+,14-,15-/m0/s1. The maximum atomic E-state index is 5.10. The Morgan fingerprint density at radius 2 is 2.20 bits per heavy atom. The van der Waals surface area contributed by atoms with E-state index in [0.29, 0.717) is 5.89 Å². The highest BCUT2D eigenvalue weighted by molar-refractivity contribution is 4.97. The third-order valence-electron chi connectivity index (χ3n) is 5.76. The summed E-state index contributed by atoms with van der Waals surface area (Å²) in [4.78, 5) is 7.17. The van der Waals surface area contributed by atoms with Gasteiger partial charge in [-0.1, -0.05) is 11.6 Å². The van der Waals surface area contributed by atoms with Crippen molar-refractivity contribution in [2.45, 2.75) is 57.9 Å². The Morgan fingerprint density at radius 1 is 1.25 bits per heavy atom. The smallest absolute Gasteiger partial charge is 0.223 e. The van der Waals surface area contributed by atoms with E-state index in [4.69, 9.17) is 4.52 Å². The summed E-state index contributed by atoms with van der Waals surface area (Å²) in [6, 6.07) is 0.892. The molecule has 20 heavy (non-hydrogen) atoms. The number of piperidine rings is 1. The zero-order valence-electron chi connectivity index (χ0n) is 12.4. The van der Waals surface area contributed by atoms with Crippen LogP contribution < -0.4 is 0 Å². The predicted molar refractivity (Wildman–Crippen MR) is 76.3 cm³/mol. The minimum atomic E-state index is 0.695. The molecule has 0 radical (unpaired) electrons. The highest BCUT2D eigenvalue weighted by atomic mass is 16.5. The van der Waals surface area contributed by atoms with Crippen molar-refractivity contribution in [3.8, 4) is 0 Å². The van der Waals surface area contributed by atoms with E-state index in [1.807, 2.05) is 6.92 Å². The first-order valence-corrected chi connectivity index (χ1v) is 8.31. The van der Waals surface area contributed by atoms with Crippen LogP contribution in [0, 0.1) is 24.7 Å². The van der Waals surface area contributed by atoms with Crippen LogP contribution in [0.2, 0.25) is 0 Å². The second-order valence-electron chi connectivity index (χ2n) is 7.18. The molecular weight excluding hydrogens is 250 g/mol. The van der Waals surface area contributed by atoms with Gasteiger partial charge in [-0.05, 0) is 56.4 Å². The zero-order chi connectivity index (χ0) is 13.5. The van der Waals surface area contributed by atoms with Gasteiger partial charge in [0.1, 0.15) is 0 Å². The summed E-state index contributed by atoms with van der Waals surface area (Å²) in [7, 11) is 0. The van der Waals surface area contributed by atoms with E-state index in [1.54, 1.807) is 0 Å². The summed E-state index contributed by atoms with van der Waals surface area (Å²) in [5.74, 6) is 4.37. The van der Waals surface area contributed by atoms with Gasteiger partial charge >= 0.3 is 0 Å². The Kier molecular flexibility index (Phi) is 3.29. The molecule has 0 unspecified atom stereocenters. The average Bonchev–Trinajstić information content (AvgIpc) is 3.16. The van der Waals surface area contributed by atoms with Gasteiger partial charge in [-0.25, -0.2) is 0 Å². The molecule has 4 atom stereocenters. The SMILES string of the molecule is Cc1nc(C[C@H]2CCCN([C@H]3C[C@H]4CC[C@H]3C4)C2)no1. The van der Waals surface area contributed by atoms with E-state index in [1.165, 1.54) is 51.6 Å². The van der Waals surface area contributed by atoms with Gasteiger partial charge < -0.3 is 4.52 Å². The lowest BCUT2D eigenvalue weighted by molar-refractivity contribution is 0.0878. The van der Waals surface area contributed by atoms with Gasteiger partial charge in [-0.15, -0.1) is 0 Å². The van der Waals surface area contributed by atoms with Gasteiger partial charge in [-0.3, -0.25) is 4.90 Å². The molecule has 0 aromatic carbocycles. The van der Waals surface area contributed by atoms with E-state index in [-0.39, 0.29) is 0 Å². The van der Waals surface area contributed by atoms with Crippen molar-refractivity contribution in [2.75, 3.05) is 13.1 Å². The molecule has 2 saturated carbocycles. The Bertz CT molecular complexity index is 472. The number of fused-ring (bicyclic) bond motifs is 2. The Morgan fingerprint density at radius 3 is 2.90 bits per heavy atom. The van der Waals surface area contributed by atoms with Gasteiger partial charge in [0.05, 0.1) is 0 Å². The Balaban J connectivity index is 1.38. The molecule has 1 aliphatic heterocycles. The third kappa shape index (κ3) is 2.39. The molecule has 110 valence electrons. The van der Waals surface area contributed by atoms with E-state index >= 15 is 0 Å². The fraction of sp³-hybridized carbons (Fsp3) is 0.875. The lowest BCUT2D eigenvalue weighted by atomic mass is 9.88. The van der Waals surface area contributed by atoms with Crippen molar-refractivity contribution in [2.24, 2.45) is 17.8 Å². The molecule has 3 aliphatic rings. The Labute approximate surface area is 120 Å². The van der Waals surface area contributed by atoms with E-state index in [0.717, 1.165) is 36.0 Å². The number of hydrogen-bond acceptors (Lipinski definition) is 4. The van der Waals surface area contributed by atoms with Crippen LogP contribution in [0.3, 0.4) is 0 Å². The van der Waals surface area contributed by atoms with E-state index in [2.05, 4.69) is 15.0 Å². The highest BCUT2D eigenvalue weighted by Crippen LogP contribution is 2.47. The maximum absolute atomic E-state index is 5.10. The first kappa shape index (κ1) is 12.8. The number of likely N-dealkylation sites (tertiary alicyclic amines) is 1. The van der Waals surface area contributed by atoms with E-state index in [9.17, 15) is 0 Å². The maximum Gasteiger partial charge on any atom is 0.223 e. The Hall–Kier alpha value is -0.900. The topological polar surface area (TPSA) is 42.2 Å². The molecule has 4 rings (SSSR count). The molecule has 3 fully saturated rings. The molecule has 1 aromatic heterocycles. The monoisotopic (exact) mass is 275 g/mol. The number of hydrogen-bond donors (Lipinski definition) is 0. The van der Waals surface area contributed by atoms with Gasteiger partial charge in [0, 0.05) is 25.9 Å². The number of aromatic nitrogens is 2. The van der Waals surface area contributed by atoms with Gasteiger partial charge in [0.2, 0.25) is 5.89 Å². The summed E-state index contributed by atoms with van der Waals surface area (Å²) < 4.78 is 5.10. The summed E-state index contributed by atoms with van der Waals surface area (Å²) in [6.45, 7) is 4.44. The van der Waals surface area contributed by atoms with Crippen LogP contribution in [0.1, 0.15) is 50.2 Å². The van der Waals surface area contributed by atoms with E-state index < -0.39 is 0 Å². The van der Waals surface area contributed by atoms with Crippen LogP contribution >= 0.6 is 0 Å².